The summed E-state index contributed by atoms with van der Waals surface area (Å²) in [6.07, 6.45) is 3.40. The molecule has 0 unspecified atom stereocenters. The van der Waals surface area contributed by atoms with E-state index in [1.165, 1.54) is 6.92 Å². The van der Waals surface area contributed by atoms with Crippen molar-refractivity contribution in [1.29, 1.82) is 0 Å². The highest BCUT2D eigenvalue weighted by molar-refractivity contribution is 5.98. The molecular weight excluding hydrogens is 190 g/mol. The smallest absolute Gasteiger partial charge is 0.181 e. The molecule has 1 aliphatic rings. The molecule has 0 bridgehead atoms. The van der Waals surface area contributed by atoms with Gasteiger partial charge in [-0.05, 0) is 30.9 Å². The lowest BCUT2D eigenvalue weighted by Crippen LogP contribution is -2.08. The number of fused-ring (bicyclic) bond motifs is 1. The van der Waals surface area contributed by atoms with E-state index < -0.39 is 0 Å². The maximum absolute atomic E-state index is 11.7. The van der Waals surface area contributed by atoms with Gasteiger partial charge in [-0.25, -0.2) is 4.98 Å². The standard InChI is InChI=1S/C12H13NO2/c1-8(14)10-7-6-9-4-2-3-5-11(15)12(9)13-10/h6-7H,2-5H2,1H3. The van der Waals surface area contributed by atoms with Crippen molar-refractivity contribution in [3.05, 3.63) is 29.1 Å². The Morgan fingerprint density at radius 3 is 2.73 bits per heavy atom. The van der Waals surface area contributed by atoms with Crippen LogP contribution in [-0.2, 0) is 6.42 Å². The highest BCUT2D eigenvalue weighted by Crippen LogP contribution is 2.19. The second-order valence-electron chi connectivity index (χ2n) is 3.89. The Hall–Kier alpha value is -1.51. The van der Waals surface area contributed by atoms with Crippen LogP contribution < -0.4 is 0 Å². The van der Waals surface area contributed by atoms with Crippen LogP contribution in [0.25, 0.3) is 0 Å². The molecule has 0 saturated heterocycles. The van der Waals surface area contributed by atoms with Crippen molar-refractivity contribution in [3.8, 4) is 0 Å². The van der Waals surface area contributed by atoms with Crippen molar-refractivity contribution in [2.24, 2.45) is 0 Å². The zero-order valence-corrected chi connectivity index (χ0v) is 8.75. The van der Waals surface area contributed by atoms with E-state index in [0.717, 1.165) is 24.8 Å². The number of Topliss-reactive ketones (excluding diaryl/α,β-unsaturated/α-hetero) is 2. The lowest BCUT2D eigenvalue weighted by atomic mass is 10.1. The number of hydrogen-bond acceptors (Lipinski definition) is 3. The zero-order valence-electron chi connectivity index (χ0n) is 8.75. The maximum Gasteiger partial charge on any atom is 0.181 e. The molecule has 1 aromatic heterocycles. The minimum Gasteiger partial charge on any atom is -0.293 e. The third-order valence-electron chi connectivity index (χ3n) is 2.70. The summed E-state index contributed by atoms with van der Waals surface area (Å²) in [5, 5.41) is 0. The summed E-state index contributed by atoms with van der Waals surface area (Å²) in [5.41, 5.74) is 1.90. The monoisotopic (exact) mass is 203 g/mol. The lowest BCUT2D eigenvalue weighted by Gasteiger charge is -2.04. The number of hydrogen-bond donors (Lipinski definition) is 0. The van der Waals surface area contributed by atoms with E-state index in [-0.39, 0.29) is 11.6 Å². The number of rotatable bonds is 1. The van der Waals surface area contributed by atoms with Crippen LogP contribution in [0.15, 0.2) is 12.1 Å². The fourth-order valence-corrected chi connectivity index (χ4v) is 1.85. The fourth-order valence-electron chi connectivity index (χ4n) is 1.85. The molecule has 0 spiro atoms. The predicted molar refractivity (Wildman–Crippen MR) is 56.1 cm³/mol. The molecule has 0 aromatic carbocycles. The summed E-state index contributed by atoms with van der Waals surface area (Å²) in [4.78, 5) is 27.0. The van der Waals surface area contributed by atoms with Gasteiger partial charge in [-0.2, -0.15) is 0 Å². The van der Waals surface area contributed by atoms with Crippen molar-refractivity contribution in [2.75, 3.05) is 0 Å². The zero-order chi connectivity index (χ0) is 10.8. The van der Waals surface area contributed by atoms with Gasteiger partial charge in [0.1, 0.15) is 11.4 Å². The van der Waals surface area contributed by atoms with E-state index in [1.807, 2.05) is 6.07 Å². The molecule has 2 rings (SSSR count). The molecule has 1 aromatic rings. The molecule has 3 heteroatoms. The Morgan fingerprint density at radius 2 is 2.00 bits per heavy atom. The van der Waals surface area contributed by atoms with Gasteiger partial charge in [0.2, 0.25) is 0 Å². The number of nitrogens with zero attached hydrogens (tertiary/aromatic N) is 1. The summed E-state index contributed by atoms with van der Waals surface area (Å²) in [5.74, 6) is -0.0135. The Balaban J connectivity index is 2.48. The number of carbonyl (C=O) groups excluding carboxylic acids is 2. The van der Waals surface area contributed by atoms with Gasteiger partial charge in [-0.3, -0.25) is 9.59 Å². The van der Waals surface area contributed by atoms with Gasteiger partial charge in [0.05, 0.1) is 0 Å². The molecule has 15 heavy (non-hydrogen) atoms. The fraction of sp³-hybridized carbons (Fsp3) is 0.417. The van der Waals surface area contributed by atoms with E-state index in [4.69, 9.17) is 0 Å². The minimum absolute atomic E-state index is 0.0746. The number of aromatic nitrogens is 1. The summed E-state index contributed by atoms with van der Waals surface area (Å²) in [7, 11) is 0. The van der Waals surface area contributed by atoms with Crippen LogP contribution in [0.3, 0.4) is 0 Å². The molecule has 3 nitrogen and oxygen atoms in total. The molecular formula is C12H13NO2. The molecule has 78 valence electrons. The SMILES string of the molecule is CC(=O)c1ccc2c(n1)C(=O)CCCC2. The largest absolute Gasteiger partial charge is 0.293 e. The summed E-state index contributed by atoms with van der Waals surface area (Å²) < 4.78 is 0. The first-order valence-electron chi connectivity index (χ1n) is 5.22. The van der Waals surface area contributed by atoms with E-state index >= 15 is 0 Å². The van der Waals surface area contributed by atoms with Crippen LogP contribution in [0.4, 0.5) is 0 Å². The number of pyridine rings is 1. The highest BCUT2D eigenvalue weighted by Gasteiger charge is 2.18. The summed E-state index contributed by atoms with van der Waals surface area (Å²) in [6, 6.07) is 3.57. The second kappa shape index (κ2) is 3.93. The molecule has 0 amide bonds. The van der Waals surface area contributed by atoms with E-state index in [2.05, 4.69) is 4.98 Å². The predicted octanol–water partition coefficient (Wildman–Crippen LogP) is 2.19. The summed E-state index contributed by atoms with van der Waals surface area (Å²) >= 11 is 0. The highest BCUT2D eigenvalue weighted by atomic mass is 16.1. The number of aryl methyl sites for hydroxylation is 1. The van der Waals surface area contributed by atoms with Gasteiger partial charge in [0.25, 0.3) is 0 Å². The molecule has 0 aliphatic heterocycles. The molecule has 0 atom stereocenters. The van der Waals surface area contributed by atoms with Crippen molar-refractivity contribution in [2.45, 2.75) is 32.6 Å². The van der Waals surface area contributed by atoms with E-state index in [0.29, 0.717) is 17.8 Å². The summed E-state index contributed by atoms with van der Waals surface area (Å²) in [6.45, 7) is 1.47. The van der Waals surface area contributed by atoms with Crippen LogP contribution in [0.5, 0.6) is 0 Å². The first-order valence-corrected chi connectivity index (χ1v) is 5.22. The Bertz CT molecular complexity index is 424. The minimum atomic E-state index is -0.0881. The van der Waals surface area contributed by atoms with Crippen molar-refractivity contribution in [3.63, 3.8) is 0 Å². The van der Waals surface area contributed by atoms with E-state index in [1.54, 1.807) is 6.07 Å². The van der Waals surface area contributed by atoms with Crippen LogP contribution in [-0.4, -0.2) is 16.6 Å². The number of carbonyl (C=O) groups is 2. The average Bonchev–Trinajstić information content (AvgIpc) is 2.40. The molecule has 0 radical (unpaired) electrons. The first-order chi connectivity index (χ1) is 7.18. The average molecular weight is 203 g/mol. The third-order valence-corrected chi connectivity index (χ3v) is 2.70. The van der Waals surface area contributed by atoms with Gasteiger partial charge < -0.3 is 0 Å². The molecule has 1 heterocycles. The lowest BCUT2D eigenvalue weighted by molar-refractivity contribution is 0.0977. The Kier molecular flexibility index (Phi) is 2.62. The van der Waals surface area contributed by atoms with Gasteiger partial charge in [0.15, 0.2) is 11.6 Å². The van der Waals surface area contributed by atoms with Crippen LogP contribution in [0.1, 0.15) is 52.7 Å². The number of ketones is 2. The normalized spacial score (nSPS) is 15.7. The van der Waals surface area contributed by atoms with Crippen LogP contribution in [0, 0.1) is 0 Å². The molecule has 0 fully saturated rings. The first kappa shape index (κ1) is 10.0. The van der Waals surface area contributed by atoms with Gasteiger partial charge in [0, 0.05) is 13.3 Å². The van der Waals surface area contributed by atoms with Crippen molar-refractivity contribution >= 4 is 11.6 Å². The van der Waals surface area contributed by atoms with Gasteiger partial charge >= 0.3 is 0 Å². The molecule has 1 aliphatic carbocycles. The topological polar surface area (TPSA) is 47.0 Å². The maximum atomic E-state index is 11.7. The Labute approximate surface area is 88.5 Å². The Morgan fingerprint density at radius 1 is 1.27 bits per heavy atom. The molecule has 0 saturated carbocycles. The van der Waals surface area contributed by atoms with Crippen LogP contribution >= 0.6 is 0 Å². The van der Waals surface area contributed by atoms with Gasteiger partial charge in [-0.15, -0.1) is 0 Å². The van der Waals surface area contributed by atoms with Crippen molar-refractivity contribution < 1.29 is 9.59 Å². The third kappa shape index (κ3) is 1.96. The quantitative estimate of drug-likeness (QED) is 0.519. The van der Waals surface area contributed by atoms with Crippen molar-refractivity contribution in [1.82, 2.24) is 4.98 Å². The molecule has 0 N–H and O–H groups in total. The van der Waals surface area contributed by atoms with Crippen LogP contribution in [0.2, 0.25) is 0 Å². The van der Waals surface area contributed by atoms with Gasteiger partial charge in [-0.1, -0.05) is 6.07 Å². The van der Waals surface area contributed by atoms with E-state index in [9.17, 15) is 9.59 Å². The second-order valence-corrected chi connectivity index (χ2v) is 3.89.